The van der Waals surface area contributed by atoms with Gasteiger partial charge in [-0.2, -0.15) is 0 Å². The average Bonchev–Trinajstić information content (AvgIpc) is 3.14. The molecular weight excluding hydrogens is 270 g/mol. The molecular formula is C16H17NO4. The molecule has 1 unspecified atom stereocenters. The number of hydrogen-bond donors (Lipinski definition) is 0. The molecule has 1 atom stereocenters. The van der Waals surface area contributed by atoms with Crippen LogP contribution in [0.2, 0.25) is 0 Å². The number of para-hydroxylation sites is 1. The Morgan fingerprint density at radius 2 is 1.95 bits per heavy atom. The molecule has 2 aliphatic rings. The highest BCUT2D eigenvalue weighted by atomic mass is 16.5. The van der Waals surface area contributed by atoms with E-state index in [0.29, 0.717) is 38.7 Å². The molecule has 3 heterocycles. The SMILES string of the molecule is O=C(c1cc2ccccc2o1)N1CCOCC12CCOC2. The first kappa shape index (κ1) is 12.9. The van der Waals surface area contributed by atoms with E-state index in [0.717, 1.165) is 17.4 Å². The third kappa shape index (κ3) is 2.04. The second kappa shape index (κ2) is 4.86. The van der Waals surface area contributed by atoms with Crippen LogP contribution >= 0.6 is 0 Å². The number of furan rings is 1. The molecule has 5 heteroatoms. The van der Waals surface area contributed by atoms with Gasteiger partial charge in [0.05, 0.1) is 25.4 Å². The lowest BCUT2D eigenvalue weighted by atomic mass is 9.95. The molecule has 1 aromatic heterocycles. The fourth-order valence-corrected chi connectivity index (χ4v) is 3.19. The van der Waals surface area contributed by atoms with Crippen molar-refractivity contribution in [2.45, 2.75) is 12.0 Å². The second-order valence-electron chi connectivity index (χ2n) is 5.68. The summed E-state index contributed by atoms with van der Waals surface area (Å²) >= 11 is 0. The fourth-order valence-electron chi connectivity index (χ4n) is 3.19. The summed E-state index contributed by atoms with van der Waals surface area (Å²) in [6, 6.07) is 9.48. The molecule has 0 saturated carbocycles. The number of benzene rings is 1. The fraction of sp³-hybridized carbons (Fsp3) is 0.438. The highest BCUT2D eigenvalue weighted by Crippen LogP contribution is 2.31. The van der Waals surface area contributed by atoms with Crippen molar-refractivity contribution in [1.82, 2.24) is 4.90 Å². The maximum absolute atomic E-state index is 12.9. The molecule has 0 aliphatic carbocycles. The monoisotopic (exact) mass is 287 g/mol. The molecule has 1 spiro atoms. The first-order valence-electron chi connectivity index (χ1n) is 7.25. The van der Waals surface area contributed by atoms with Crippen molar-refractivity contribution in [2.75, 3.05) is 33.0 Å². The van der Waals surface area contributed by atoms with Gasteiger partial charge in [0.25, 0.3) is 5.91 Å². The predicted octanol–water partition coefficient (Wildman–Crippen LogP) is 2.06. The standard InChI is InChI=1S/C16H17NO4/c18-15(14-9-12-3-1-2-4-13(12)21-14)17-6-8-20-11-16(17)5-7-19-10-16/h1-4,9H,5-8,10-11H2. The van der Waals surface area contributed by atoms with Gasteiger partial charge in [0.1, 0.15) is 5.58 Å². The zero-order chi connectivity index (χ0) is 14.3. The Morgan fingerprint density at radius 3 is 2.76 bits per heavy atom. The van der Waals surface area contributed by atoms with Crippen molar-refractivity contribution in [2.24, 2.45) is 0 Å². The minimum absolute atomic E-state index is 0.0694. The molecule has 2 saturated heterocycles. The van der Waals surface area contributed by atoms with E-state index in [1.165, 1.54) is 0 Å². The third-order valence-electron chi connectivity index (χ3n) is 4.37. The van der Waals surface area contributed by atoms with Gasteiger partial charge in [0.2, 0.25) is 0 Å². The summed E-state index contributed by atoms with van der Waals surface area (Å²) in [5.74, 6) is 0.323. The van der Waals surface area contributed by atoms with Crippen molar-refractivity contribution >= 4 is 16.9 Å². The first-order chi connectivity index (χ1) is 10.3. The van der Waals surface area contributed by atoms with E-state index < -0.39 is 0 Å². The van der Waals surface area contributed by atoms with E-state index in [4.69, 9.17) is 13.9 Å². The van der Waals surface area contributed by atoms with Crippen LogP contribution in [0.1, 0.15) is 17.0 Å². The Labute approximate surface area is 122 Å². The molecule has 5 nitrogen and oxygen atoms in total. The summed E-state index contributed by atoms with van der Waals surface area (Å²) in [5, 5.41) is 0.950. The number of hydrogen-bond acceptors (Lipinski definition) is 4. The van der Waals surface area contributed by atoms with Crippen molar-refractivity contribution in [3.05, 3.63) is 36.1 Å². The molecule has 1 amide bonds. The van der Waals surface area contributed by atoms with E-state index in [1.54, 1.807) is 0 Å². The quantitative estimate of drug-likeness (QED) is 0.805. The molecule has 2 aliphatic heterocycles. The van der Waals surface area contributed by atoms with Crippen LogP contribution in [0.4, 0.5) is 0 Å². The summed E-state index contributed by atoms with van der Waals surface area (Å²) in [6.07, 6.45) is 0.818. The van der Waals surface area contributed by atoms with Gasteiger partial charge in [0.15, 0.2) is 5.76 Å². The lowest BCUT2D eigenvalue weighted by molar-refractivity contribution is -0.0560. The Hall–Kier alpha value is -1.85. The third-order valence-corrected chi connectivity index (χ3v) is 4.37. The zero-order valence-electron chi connectivity index (χ0n) is 11.7. The smallest absolute Gasteiger partial charge is 0.290 e. The molecule has 0 N–H and O–H groups in total. The van der Waals surface area contributed by atoms with Gasteiger partial charge in [-0.25, -0.2) is 0 Å². The minimum Gasteiger partial charge on any atom is -0.451 e. The Bertz CT molecular complexity index is 639. The number of ether oxygens (including phenoxy) is 2. The van der Waals surface area contributed by atoms with Crippen molar-refractivity contribution < 1.29 is 18.7 Å². The number of rotatable bonds is 1. The summed E-state index contributed by atoms with van der Waals surface area (Å²) in [5.41, 5.74) is 0.416. The maximum atomic E-state index is 12.9. The molecule has 0 bridgehead atoms. The van der Waals surface area contributed by atoms with Gasteiger partial charge >= 0.3 is 0 Å². The van der Waals surface area contributed by atoms with Crippen LogP contribution in [0.15, 0.2) is 34.7 Å². The van der Waals surface area contributed by atoms with E-state index in [2.05, 4.69) is 0 Å². The molecule has 0 radical (unpaired) electrons. The molecule has 4 rings (SSSR count). The van der Waals surface area contributed by atoms with Gasteiger partial charge in [-0.1, -0.05) is 18.2 Å². The highest BCUT2D eigenvalue weighted by molar-refractivity contribution is 5.96. The Balaban J connectivity index is 1.69. The number of carbonyl (C=O) groups is 1. The summed E-state index contributed by atoms with van der Waals surface area (Å²) < 4.78 is 16.8. The maximum Gasteiger partial charge on any atom is 0.290 e. The predicted molar refractivity (Wildman–Crippen MR) is 76.2 cm³/mol. The minimum atomic E-state index is -0.325. The van der Waals surface area contributed by atoms with Crippen LogP contribution in [0, 0.1) is 0 Å². The van der Waals surface area contributed by atoms with Gasteiger partial charge < -0.3 is 18.8 Å². The normalized spacial score (nSPS) is 25.8. The van der Waals surface area contributed by atoms with Crippen molar-refractivity contribution in [3.63, 3.8) is 0 Å². The lowest BCUT2D eigenvalue weighted by Crippen LogP contribution is -2.59. The molecule has 2 aromatic rings. The second-order valence-corrected chi connectivity index (χ2v) is 5.68. The largest absolute Gasteiger partial charge is 0.451 e. The lowest BCUT2D eigenvalue weighted by Gasteiger charge is -2.43. The highest BCUT2D eigenvalue weighted by Gasteiger charge is 2.46. The summed E-state index contributed by atoms with van der Waals surface area (Å²) in [7, 11) is 0. The molecule has 2 fully saturated rings. The van der Waals surface area contributed by atoms with Gasteiger partial charge in [-0.05, 0) is 18.6 Å². The number of nitrogens with zero attached hydrogens (tertiary/aromatic N) is 1. The molecule has 1 aromatic carbocycles. The van der Waals surface area contributed by atoms with E-state index >= 15 is 0 Å². The molecule has 21 heavy (non-hydrogen) atoms. The van der Waals surface area contributed by atoms with Crippen LogP contribution in [0.25, 0.3) is 11.0 Å². The van der Waals surface area contributed by atoms with Crippen LogP contribution in [0.5, 0.6) is 0 Å². The number of carbonyl (C=O) groups excluding carboxylic acids is 1. The zero-order valence-corrected chi connectivity index (χ0v) is 11.7. The summed E-state index contributed by atoms with van der Waals surface area (Å²) in [4.78, 5) is 14.7. The van der Waals surface area contributed by atoms with Crippen LogP contribution in [-0.4, -0.2) is 49.3 Å². The van der Waals surface area contributed by atoms with E-state index in [9.17, 15) is 4.79 Å². The topological polar surface area (TPSA) is 51.9 Å². The summed E-state index contributed by atoms with van der Waals surface area (Å²) in [6.45, 7) is 2.90. The van der Waals surface area contributed by atoms with Gasteiger partial charge in [0, 0.05) is 18.5 Å². The Kier molecular flexibility index (Phi) is 2.97. The van der Waals surface area contributed by atoms with Crippen LogP contribution < -0.4 is 0 Å². The average molecular weight is 287 g/mol. The number of amides is 1. The van der Waals surface area contributed by atoms with Gasteiger partial charge in [-0.3, -0.25) is 4.79 Å². The van der Waals surface area contributed by atoms with Crippen molar-refractivity contribution in [1.29, 1.82) is 0 Å². The van der Waals surface area contributed by atoms with E-state index in [-0.39, 0.29) is 11.4 Å². The van der Waals surface area contributed by atoms with Gasteiger partial charge in [-0.15, -0.1) is 0 Å². The van der Waals surface area contributed by atoms with Crippen LogP contribution in [0.3, 0.4) is 0 Å². The Morgan fingerprint density at radius 1 is 1.14 bits per heavy atom. The molecule has 110 valence electrons. The van der Waals surface area contributed by atoms with E-state index in [1.807, 2.05) is 35.2 Å². The number of morpholine rings is 1. The first-order valence-corrected chi connectivity index (χ1v) is 7.25. The van der Waals surface area contributed by atoms with Crippen molar-refractivity contribution in [3.8, 4) is 0 Å². The number of fused-ring (bicyclic) bond motifs is 1. The van der Waals surface area contributed by atoms with Crippen LogP contribution in [-0.2, 0) is 9.47 Å².